The van der Waals surface area contributed by atoms with Crippen LogP contribution < -0.4 is 20.1 Å². The summed E-state index contributed by atoms with van der Waals surface area (Å²) in [7, 11) is 3.15. The van der Waals surface area contributed by atoms with Crippen molar-refractivity contribution >= 4 is 17.4 Å². The molecule has 1 aromatic heterocycles. The summed E-state index contributed by atoms with van der Waals surface area (Å²) in [6, 6.07) is 19.2. The van der Waals surface area contributed by atoms with Gasteiger partial charge in [0.1, 0.15) is 5.82 Å². The summed E-state index contributed by atoms with van der Waals surface area (Å²) >= 11 is 0. The maximum absolute atomic E-state index is 12.3. The third kappa shape index (κ3) is 5.23. The van der Waals surface area contributed by atoms with Crippen molar-refractivity contribution in [3.05, 3.63) is 78.0 Å². The molecule has 0 aliphatic carbocycles. The molecule has 0 saturated carbocycles. The number of methoxy groups -OCH3 is 2. The van der Waals surface area contributed by atoms with E-state index in [9.17, 15) is 4.79 Å². The fraction of sp³-hybridized carbons (Fsp3) is 0.182. The van der Waals surface area contributed by atoms with E-state index in [4.69, 9.17) is 9.47 Å². The molecular weight excluding hydrogens is 354 g/mol. The van der Waals surface area contributed by atoms with E-state index in [2.05, 4.69) is 27.8 Å². The maximum Gasteiger partial charge on any atom is 0.229 e. The summed E-state index contributed by atoms with van der Waals surface area (Å²) in [5.74, 6) is 1.59. The maximum atomic E-state index is 12.3. The molecule has 6 heteroatoms. The Morgan fingerprint density at radius 3 is 2.39 bits per heavy atom. The minimum atomic E-state index is -0.148. The van der Waals surface area contributed by atoms with Gasteiger partial charge in [0.2, 0.25) is 5.91 Å². The summed E-state index contributed by atoms with van der Waals surface area (Å²) in [6.45, 7) is 0.716. The Morgan fingerprint density at radius 1 is 0.929 bits per heavy atom. The van der Waals surface area contributed by atoms with Gasteiger partial charge in [-0.15, -0.1) is 0 Å². The number of benzene rings is 2. The fourth-order valence-corrected chi connectivity index (χ4v) is 2.74. The Balaban J connectivity index is 1.54. The number of carbonyl (C=O) groups excluding carboxylic acids is 1. The zero-order chi connectivity index (χ0) is 19.8. The van der Waals surface area contributed by atoms with Crippen LogP contribution in [0.15, 0.2) is 66.9 Å². The summed E-state index contributed by atoms with van der Waals surface area (Å²) in [6.07, 6.45) is 1.92. The topological polar surface area (TPSA) is 72.5 Å². The van der Waals surface area contributed by atoms with Crippen LogP contribution >= 0.6 is 0 Å². The van der Waals surface area contributed by atoms with Gasteiger partial charge in [0.25, 0.3) is 0 Å². The molecule has 28 heavy (non-hydrogen) atoms. The molecule has 0 saturated heterocycles. The van der Waals surface area contributed by atoms with Crippen LogP contribution in [0, 0.1) is 0 Å². The molecule has 0 spiro atoms. The highest BCUT2D eigenvalue weighted by Gasteiger charge is 2.09. The van der Waals surface area contributed by atoms with Crippen LogP contribution in [0.1, 0.15) is 11.1 Å². The Hall–Kier alpha value is -3.54. The van der Waals surface area contributed by atoms with E-state index in [1.807, 2.05) is 30.3 Å². The molecule has 6 nitrogen and oxygen atoms in total. The zero-order valence-corrected chi connectivity index (χ0v) is 15.9. The third-order valence-electron chi connectivity index (χ3n) is 4.18. The minimum absolute atomic E-state index is 0.148. The largest absolute Gasteiger partial charge is 0.493 e. The van der Waals surface area contributed by atoms with Crippen molar-refractivity contribution in [2.45, 2.75) is 13.0 Å². The number of ether oxygens (including phenoxy) is 2. The van der Waals surface area contributed by atoms with Gasteiger partial charge in [0.15, 0.2) is 11.5 Å². The lowest BCUT2D eigenvalue weighted by atomic mass is 10.1. The predicted molar refractivity (Wildman–Crippen MR) is 110 cm³/mol. The predicted octanol–water partition coefficient (Wildman–Crippen LogP) is 3.89. The summed E-state index contributed by atoms with van der Waals surface area (Å²) < 4.78 is 10.5. The molecule has 0 unspecified atom stereocenters. The van der Waals surface area contributed by atoms with Crippen molar-refractivity contribution in [3.8, 4) is 11.5 Å². The van der Waals surface area contributed by atoms with E-state index in [1.54, 1.807) is 38.6 Å². The Kier molecular flexibility index (Phi) is 6.46. The molecule has 3 rings (SSSR count). The van der Waals surface area contributed by atoms with Crippen LogP contribution in [-0.4, -0.2) is 25.1 Å². The number of aromatic nitrogens is 1. The number of rotatable bonds is 8. The van der Waals surface area contributed by atoms with Crippen molar-refractivity contribution in [2.24, 2.45) is 0 Å². The molecule has 0 radical (unpaired) electrons. The molecule has 0 aliphatic heterocycles. The van der Waals surface area contributed by atoms with E-state index >= 15 is 0 Å². The highest BCUT2D eigenvalue weighted by atomic mass is 16.5. The van der Waals surface area contributed by atoms with Crippen LogP contribution in [0.25, 0.3) is 0 Å². The molecule has 2 N–H and O–H groups in total. The van der Waals surface area contributed by atoms with Crippen molar-refractivity contribution in [2.75, 3.05) is 24.9 Å². The van der Waals surface area contributed by atoms with Crippen LogP contribution in [0.2, 0.25) is 0 Å². The van der Waals surface area contributed by atoms with Gasteiger partial charge < -0.3 is 20.1 Å². The first kappa shape index (κ1) is 19.2. The molecule has 2 aromatic carbocycles. The lowest BCUT2D eigenvalue weighted by molar-refractivity contribution is -0.115. The van der Waals surface area contributed by atoms with Crippen LogP contribution in [0.5, 0.6) is 11.5 Å². The minimum Gasteiger partial charge on any atom is -0.493 e. The van der Waals surface area contributed by atoms with Crippen LogP contribution in [0.4, 0.5) is 11.5 Å². The number of amides is 1. The number of hydrogen-bond donors (Lipinski definition) is 2. The normalized spacial score (nSPS) is 10.2. The second kappa shape index (κ2) is 9.41. The molecule has 3 aromatic rings. The number of hydrogen-bond acceptors (Lipinski definition) is 5. The number of pyridine rings is 1. The fourth-order valence-electron chi connectivity index (χ4n) is 2.74. The van der Waals surface area contributed by atoms with Gasteiger partial charge in [-0.1, -0.05) is 36.4 Å². The standard InChI is InChI=1S/C22H23N3O3/c1-27-19-10-8-17(12-20(19)28-2)13-22(26)25-21-11-9-18(15-24-21)23-14-16-6-4-3-5-7-16/h3-12,15,23H,13-14H2,1-2H3,(H,24,25,26). The molecule has 1 amide bonds. The molecular formula is C22H23N3O3. The number of nitrogens with zero attached hydrogens (tertiary/aromatic N) is 1. The first-order valence-electron chi connectivity index (χ1n) is 8.92. The first-order chi connectivity index (χ1) is 13.7. The number of nitrogens with one attached hydrogen (secondary N) is 2. The monoisotopic (exact) mass is 377 g/mol. The molecule has 0 aliphatic rings. The van der Waals surface area contributed by atoms with Gasteiger partial charge in [-0.05, 0) is 35.4 Å². The van der Waals surface area contributed by atoms with E-state index < -0.39 is 0 Å². The lowest BCUT2D eigenvalue weighted by Gasteiger charge is -2.10. The van der Waals surface area contributed by atoms with E-state index in [-0.39, 0.29) is 12.3 Å². The average Bonchev–Trinajstić information content (AvgIpc) is 2.74. The number of carbonyl (C=O) groups is 1. The highest BCUT2D eigenvalue weighted by molar-refractivity contribution is 5.91. The SMILES string of the molecule is COc1ccc(CC(=O)Nc2ccc(NCc3ccccc3)cn2)cc1OC. The molecule has 0 atom stereocenters. The van der Waals surface area contributed by atoms with Gasteiger partial charge >= 0.3 is 0 Å². The quantitative estimate of drug-likeness (QED) is 0.623. The second-order valence-corrected chi connectivity index (χ2v) is 6.19. The smallest absolute Gasteiger partial charge is 0.229 e. The lowest BCUT2D eigenvalue weighted by Crippen LogP contribution is -2.15. The number of anilines is 2. The van der Waals surface area contributed by atoms with Gasteiger partial charge in [0.05, 0.1) is 32.5 Å². The highest BCUT2D eigenvalue weighted by Crippen LogP contribution is 2.27. The summed E-state index contributed by atoms with van der Waals surface area (Å²) in [4.78, 5) is 16.6. The summed E-state index contributed by atoms with van der Waals surface area (Å²) in [5, 5.41) is 6.11. The van der Waals surface area contributed by atoms with Crippen molar-refractivity contribution in [1.29, 1.82) is 0 Å². The second-order valence-electron chi connectivity index (χ2n) is 6.19. The molecule has 0 fully saturated rings. The van der Waals surface area contributed by atoms with Crippen LogP contribution in [0.3, 0.4) is 0 Å². The zero-order valence-electron chi connectivity index (χ0n) is 15.9. The summed E-state index contributed by atoms with van der Waals surface area (Å²) in [5.41, 5.74) is 2.91. The van der Waals surface area contributed by atoms with Gasteiger partial charge in [-0.2, -0.15) is 0 Å². The van der Waals surface area contributed by atoms with Crippen molar-refractivity contribution in [3.63, 3.8) is 0 Å². The van der Waals surface area contributed by atoms with E-state index in [0.29, 0.717) is 23.9 Å². The van der Waals surface area contributed by atoms with Crippen molar-refractivity contribution < 1.29 is 14.3 Å². The average molecular weight is 377 g/mol. The van der Waals surface area contributed by atoms with Gasteiger partial charge in [-0.3, -0.25) is 4.79 Å². The van der Waals surface area contributed by atoms with Gasteiger partial charge in [-0.25, -0.2) is 4.98 Å². The Bertz CT molecular complexity index is 912. The Labute approximate surface area is 164 Å². The molecule has 144 valence electrons. The molecule has 1 heterocycles. The van der Waals surface area contributed by atoms with Crippen molar-refractivity contribution in [1.82, 2.24) is 4.98 Å². The Morgan fingerprint density at radius 2 is 1.71 bits per heavy atom. The first-order valence-corrected chi connectivity index (χ1v) is 8.92. The third-order valence-corrected chi connectivity index (χ3v) is 4.18. The van der Waals surface area contributed by atoms with E-state index in [0.717, 1.165) is 11.3 Å². The molecule has 0 bridgehead atoms. The van der Waals surface area contributed by atoms with Crippen LogP contribution in [-0.2, 0) is 17.8 Å². The van der Waals surface area contributed by atoms with E-state index in [1.165, 1.54) is 5.56 Å². The van der Waals surface area contributed by atoms with Gasteiger partial charge in [0, 0.05) is 6.54 Å².